The number of nitrogens with zero attached hydrogens (tertiary/aromatic N) is 4. The summed E-state index contributed by atoms with van der Waals surface area (Å²) in [7, 11) is 1.81. The minimum Gasteiger partial charge on any atom is -0.494 e. The molecule has 2 aromatic heterocycles. The Morgan fingerprint density at radius 1 is 1.03 bits per heavy atom. The largest absolute Gasteiger partial charge is 0.494 e. The molecule has 0 fully saturated rings. The third kappa shape index (κ3) is 7.41. The first-order valence-corrected chi connectivity index (χ1v) is 11.2. The molecule has 0 saturated heterocycles. The summed E-state index contributed by atoms with van der Waals surface area (Å²) in [4.78, 5) is 36.7. The lowest BCUT2D eigenvalue weighted by atomic mass is 10.0. The summed E-state index contributed by atoms with van der Waals surface area (Å²) in [5.41, 5.74) is 3.80. The van der Waals surface area contributed by atoms with Gasteiger partial charge in [-0.05, 0) is 66.8 Å². The summed E-state index contributed by atoms with van der Waals surface area (Å²) >= 11 is 0. The molecule has 9 heteroatoms. The highest BCUT2D eigenvalue weighted by molar-refractivity contribution is 5.96. The number of halogens is 2. The van der Waals surface area contributed by atoms with Crippen molar-refractivity contribution in [3.63, 3.8) is 0 Å². The molecule has 0 radical (unpaired) electrons. The lowest BCUT2D eigenvalue weighted by molar-refractivity contribution is -0.118. The SMILES string of the molecule is CN1C(=O)CCc2cc(OCCCN(CCc3cccnc3)C(=O)c3ccncc3)ccc21.Cl.Cl. The quantitative estimate of drug-likeness (QED) is 0.394. The fourth-order valence-corrected chi connectivity index (χ4v) is 3.97. The summed E-state index contributed by atoms with van der Waals surface area (Å²) in [6, 6.07) is 13.3. The first-order valence-electron chi connectivity index (χ1n) is 11.2. The van der Waals surface area contributed by atoms with Crippen molar-refractivity contribution >= 4 is 42.3 Å². The average Bonchev–Trinajstić information content (AvgIpc) is 2.86. The lowest BCUT2D eigenvalue weighted by Gasteiger charge is -2.26. The van der Waals surface area contributed by atoms with Crippen molar-refractivity contribution in [2.45, 2.75) is 25.7 Å². The zero-order valence-electron chi connectivity index (χ0n) is 19.6. The van der Waals surface area contributed by atoms with Gasteiger partial charge in [0.2, 0.25) is 5.91 Å². The molecule has 3 heterocycles. The number of amides is 2. The molecule has 1 aliphatic heterocycles. The van der Waals surface area contributed by atoms with E-state index in [1.165, 1.54) is 0 Å². The van der Waals surface area contributed by atoms with E-state index >= 15 is 0 Å². The van der Waals surface area contributed by atoms with E-state index in [4.69, 9.17) is 4.74 Å². The number of hydrogen-bond acceptors (Lipinski definition) is 5. The normalized spacial score (nSPS) is 12.1. The maximum atomic E-state index is 13.1. The number of aromatic nitrogens is 2. The molecule has 7 nitrogen and oxygen atoms in total. The van der Waals surface area contributed by atoms with E-state index in [0.717, 1.165) is 35.4 Å². The van der Waals surface area contributed by atoms with Gasteiger partial charge in [-0.1, -0.05) is 6.07 Å². The number of ether oxygens (including phenoxy) is 1. The van der Waals surface area contributed by atoms with Gasteiger partial charge in [-0.25, -0.2) is 0 Å². The van der Waals surface area contributed by atoms with Gasteiger partial charge in [-0.2, -0.15) is 0 Å². The van der Waals surface area contributed by atoms with E-state index in [1.807, 2.05) is 41.4 Å². The van der Waals surface area contributed by atoms with Crippen LogP contribution >= 0.6 is 24.8 Å². The number of fused-ring (bicyclic) bond motifs is 1. The summed E-state index contributed by atoms with van der Waals surface area (Å²) in [6.07, 6.45) is 9.56. The Labute approximate surface area is 218 Å². The molecule has 0 bridgehead atoms. The van der Waals surface area contributed by atoms with E-state index < -0.39 is 0 Å². The minimum absolute atomic E-state index is 0. The van der Waals surface area contributed by atoms with Gasteiger partial charge in [0.1, 0.15) is 5.75 Å². The highest BCUT2D eigenvalue weighted by atomic mass is 35.5. The Hall–Kier alpha value is -3.16. The van der Waals surface area contributed by atoms with Gasteiger partial charge in [-0.15, -0.1) is 24.8 Å². The molecule has 0 aliphatic carbocycles. The Bertz CT molecular complexity index is 1100. The van der Waals surface area contributed by atoms with Gasteiger partial charge in [0.25, 0.3) is 5.91 Å². The molecule has 0 saturated carbocycles. The number of aryl methyl sites for hydroxylation is 1. The van der Waals surface area contributed by atoms with Crippen molar-refractivity contribution in [1.29, 1.82) is 0 Å². The molecule has 0 atom stereocenters. The van der Waals surface area contributed by atoms with Gasteiger partial charge in [0.15, 0.2) is 0 Å². The van der Waals surface area contributed by atoms with Gasteiger partial charge in [-0.3, -0.25) is 19.6 Å². The molecule has 1 aliphatic rings. The lowest BCUT2D eigenvalue weighted by Crippen LogP contribution is -2.34. The van der Waals surface area contributed by atoms with Crippen LogP contribution in [0.5, 0.6) is 5.75 Å². The van der Waals surface area contributed by atoms with Gasteiger partial charge in [0, 0.05) is 62.6 Å². The van der Waals surface area contributed by atoms with Crippen LogP contribution in [-0.4, -0.2) is 53.4 Å². The van der Waals surface area contributed by atoms with Crippen LogP contribution in [0.3, 0.4) is 0 Å². The van der Waals surface area contributed by atoms with Crippen molar-refractivity contribution in [3.8, 4) is 5.75 Å². The van der Waals surface area contributed by atoms with Crippen LogP contribution in [-0.2, 0) is 17.6 Å². The molecule has 2 amide bonds. The standard InChI is InChI=1S/C26H28N4O3.2ClH/c1-29-24-7-6-23(18-22(24)5-8-25(29)31)33-17-3-15-30(16-11-20-4-2-12-28-19-20)26(32)21-9-13-27-14-10-21;;/h2,4,6-7,9-10,12-14,18-19H,3,5,8,11,15-17H2,1H3;2*1H. The molecule has 0 unspecified atom stereocenters. The fourth-order valence-electron chi connectivity index (χ4n) is 3.97. The van der Waals surface area contributed by atoms with Crippen molar-refractivity contribution in [3.05, 3.63) is 83.9 Å². The van der Waals surface area contributed by atoms with E-state index in [2.05, 4.69) is 9.97 Å². The van der Waals surface area contributed by atoms with Crippen molar-refractivity contribution in [2.24, 2.45) is 0 Å². The van der Waals surface area contributed by atoms with Crippen LogP contribution in [0.15, 0.2) is 67.3 Å². The maximum absolute atomic E-state index is 13.1. The van der Waals surface area contributed by atoms with E-state index in [-0.39, 0.29) is 36.6 Å². The molecular formula is C26H30Cl2N4O3. The summed E-state index contributed by atoms with van der Waals surface area (Å²) in [5, 5.41) is 0. The van der Waals surface area contributed by atoms with Crippen LogP contribution in [0.2, 0.25) is 0 Å². The van der Waals surface area contributed by atoms with Crippen LogP contribution in [0.4, 0.5) is 5.69 Å². The van der Waals surface area contributed by atoms with Crippen molar-refractivity contribution < 1.29 is 14.3 Å². The van der Waals surface area contributed by atoms with Gasteiger partial charge >= 0.3 is 0 Å². The topological polar surface area (TPSA) is 75.6 Å². The summed E-state index contributed by atoms with van der Waals surface area (Å²) in [5.74, 6) is 0.919. The number of hydrogen-bond donors (Lipinski definition) is 0. The zero-order chi connectivity index (χ0) is 23.0. The number of rotatable bonds is 9. The molecule has 0 spiro atoms. The van der Waals surface area contributed by atoms with Gasteiger partial charge in [0.05, 0.1) is 6.61 Å². The second kappa shape index (κ2) is 13.7. The van der Waals surface area contributed by atoms with E-state index in [0.29, 0.717) is 38.1 Å². The molecule has 3 aromatic rings. The first kappa shape index (κ1) is 28.1. The zero-order valence-corrected chi connectivity index (χ0v) is 21.3. The van der Waals surface area contributed by atoms with Crippen LogP contribution in [0.25, 0.3) is 0 Å². The Balaban J connectivity index is 0.00000216. The molecule has 35 heavy (non-hydrogen) atoms. The molecule has 4 rings (SSSR count). The molecule has 1 aromatic carbocycles. The smallest absolute Gasteiger partial charge is 0.253 e. The number of carbonyl (C=O) groups excluding carboxylic acids is 2. The van der Waals surface area contributed by atoms with Crippen LogP contribution in [0, 0.1) is 0 Å². The average molecular weight is 517 g/mol. The predicted octanol–water partition coefficient (Wildman–Crippen LogP) is 4.38. The highest BCUT2D eigenvalue weighted by Gasteiger charge is 2.21. The minimum atomic E-state index is -0.0113. The van der Waals surface area contributed by atoms with Crippen LogP contribution < -0.4 is 9.64 Å². The Morgan fingerprint density at radius 2 is 1.83 bits per heavy atom. The Kier molecular flexibility index (Phi) is 11.0. The number of pyridine rings is 2. The maximum Gasteiger partial charge on any atom is 0.253 e. The number of anilines is 1. The monoisotopic (exact) mass is 516 g/mol. The molecular weight excluding hydrogens is 487 g/mol. The second-order valence-corrected chi connectivity index (χ2v) is 8.08. The van der Waals surface area contributed by atoms with Crippen molar-refractivity contribution in [1.82, 2.24) is 14.9 Å². The summed E-state index contributed by atoms with van der Waals surface area (Å²) < 4.78 is 5.97. The van der Waals surface area contributed by atoms with Gasteiger partial charge < -0.3 is 14.5 Å². The molecule has 0 N–H and O–H groups in total. The number of carbonyl (C=O) groups is 2. The van der Waals surface area contributed by atoms with Crippen LogP contribution in [0.1, 0.15) is 34.3 Å². The molecule has 186 valence electrons. The number of benzene rings is 1. The van der Waals surface area contributed by atoms with E-state index in [1.54, 1.807) is 42.7 Å². The summed E-state index contributed by atoms with van der Waals surface area (Å²) in [6.45, 7) is 1.69. The third-order valence-electron chi connectivity index (χ3n) is 5.84. The van der Waals surface area contributed by atoms with E-state index in [9.17, 15) is 9.59 Å². The third-order valence-corrected chi connectivity index (χ3v) is 5.84. The fraction of sp³-hybridized carbons (Fsp3) is 0.308. The Morgan fingerprint density at radius 3 is 2.57 bits per heavy atom. The first-order chi connectivity index (χ1) is 16.1. The highest BCUT2D eigenvalue weighted by Crippen LogP contribution is 2.30. The van der Waals surface area contributed by atoms with Crippen molar-refractivity contribution in [2.75, 3.05) is 31.6 Å². The second-order valence-electron chi connectivity index (χ2n) is 8.08. The predicted molar refractivity (Wildman–Crippen MR) is 141 cm³/mol.